The predicted molar refractivity (Wildman–Crippen MR) is 43.7 cm³/mol. The Bertz CT molecular complexity index is 170. The number of hydrogen-bond donors (Lipinski definition) is 2. The van der Waals surface area contributed by atoms with Crippen molar-refractivity contribution in [2.45, 2.75) is 25.6 Å². The third-order valence-corrected chi connectivity index (χ3v) is 2.21. The molecular formula is C8H15NO3. The van der Waals surface area contributed by atoms with E-state index in [1.165, 1.54) is 0 Å². The molecule has 0 bridgehead atoms. The number of aliphatic hydroxyl groups is 1. The molecule has 1 aliphatic rings. The van der Waals surface area contributed by atoms with Crippen LogP contribution in [0, 0.1) is 5.92 Å². The Morgan fingerprint density at radius 3 is 2.92 bits per heavy atom. The Hall–Kier alpha value is -0.580. The number of ether oxygens (including phenoxy) is 1. The minimum absolute atomic E-state index is 0.105. The number of rotatable bonds is 3. The fourth-order valence-corrected chi connectivity index (χ4v) is 1.39. The van der Waals surface area contributed by atoms with Crippen LogP contribution in [0.2, 0.25) is 0 Å². The van der Waals surface area contributed by atoms with Crippen LogP contribution in [0.4, 0.5) is 0 Å². The maximum Gasteiger partial charge on any atom is 0.177 e. The molecule has 70 valence electrons. The van der Waals surface area contributed by atoms with Crippen LogP contribution < -0.4 is 5.90 Å². The first-order valence-corrected chi connectivity index (χ1v) is 4.04. The molecule has 2 atom stereocenters. The van der Waals surface area contributed by atoms with E-state index in [2.05, 4.69) is 4.84 Å². The summed E-state index contributed by atoms with van der Waals surface area (Å²) >= 11 is 0. The van der Waals surface area contributed by atoms with Gasteiger partial charge in [0.15, 0.2) is 6.29 Å². The van der Waals surface area contributed by atoms with Gasteiger partial charge in [0.1, 0.15) is 0 Å². The second-order valence-electron chi connectivity index (χ2n) is 2.94. The lowest BCUT2D eigenvalue weighted by atomic mass is 9.93. The average molecular weight is 173 g/mol. The third-order valence-electron chi connectivity index (χ3n) is 2.21. The summed E-state index contributed by atoms with van der Waals surface area (Å²) in [6.45, 7) is 0. The fraction of sp³-hybridized carbons (Fsp3) is 0.750. The van der Waals surface area contributed by atoms with E-state index in [0.717, 1.165) is 25.0 Å². The molecule has 0 saturated carbocycles. The van der Waals surface area contributed by atoms with E-state index >= 15 is 0 Å². The molecule has 0 saturated heterocycles. The fourth-order valence-electron chi connectivity index (χ4n) is 1.39. The van der Waals surface area contributed by atoms with Gasteiger partial charge in [0.2, 0.25) is 0 Å². The molecule has 12 heavy (non-hydrogen) atoms. The zero-order chi connectivity index (χ0) is 8.97. The Kier molecular flexibility index (Phi) is 3.52. The number of aliphatic hydroxyl groups excluding tert-OH is 1. The first-order valence-electron chi connectivity index (χ1n) is 4.04. The molecule has 1 aliphatic carbocycles. The van der Waals surface area contributed by atoms with Gasteiger partial charge in [-0.05, 0) is 18.9 Å². The molecule has 0 radical (unpaired) electrons. The maximum atomic E-state index is 9.22. The summed E-state index contributed by atoms with van der Waals surface area (Å²) in [7, 11) is 1.65. The van der Waals surface area contributed by atoms with Crippen molar-refractivity contribution >= 4 is 0 Å². The summed E-state index contributed by atoms with van der Waals surface area (Å²) < 4.78 is 5.06. The molecule has 3 N–H and O–H groups in total. The van der Waals surface area contributed by atoms with Gasteiger partial charge in [-0.15, -0.1) is 0 Å². The summed E-state index contributed by atoms with van der Waals surface area (Å²) in [6, 6.07) is 0. The summed E-state index contributed by atoms with van der Waals surface area (Å²) in [4.78, 5) is 4.34. The topological polar surface area (TPSA) is 64.7 Å². The van der Waals surface area contributed by atoms with Crippen LogP contribution in [-0.2, 0) is 9.57 Å². The van der Waals surface area contributed by atoms with Gasteiger partial charge in [-0.25, -0.2) is 5.90 Å². The molecule has 4 heteroatoms. The highest BCUT2D eigenvalue weighted by atomic mass is 16.7. The second-order valence-corrected chi connectivity index (χ2v) is 2.94. The smallest absolute Gasteiger partial charge is 0.177 e. The molecule has 0 aromatic rings. The zero-order valence-corrected chi connectivity index (χ0v) is 7.19. The number of methoxy groups -OCH3 is 1. The van der Waals surface area contributed by atoms with E-state index in [0.29, 0.717) is 0 Å². The van der Waals surface area contributed by atoms with Gasteiger partial charge in [-0.2, -0.15) is 0 Å². The van der Waals surface area contributed by atoms with Crippen molar-refractivity contribution < 1.29 is 14.7 Å². The molecule has 0 aromatic carbocycles. The summed E-state index contributed by atoms with van der Waals surface area (Å²) in [5.74, 6) is 5.96. The van der Waals surface area contributed by atoms with E-state index in [4.69, 9.17) is 10.6 Å². The Morgan fingerprint density at radius 2 is 2.50 bits per heavy atom. The van der Waals surface area contributed by atoms with Gasteiger partial charge in [0.05, 0.1) is 12.9 Å². The number of nitrogens with two attached hydrogens (primary N) is 1. The van der Waals surface area contributed by atoms with Gasteiger partial charge in [0, 0.05) is 12.3 Å². The highest BCUT2D eigenvalue weighted by Crippen LogP contribution is 2.26. The van der Waals surface area contributed by atoms with Gasteiger partial charge in [0.25, 0.3) is 0 Å². The quantitative estimate of drug-likeness (QED) is 0.482. The number of allylic oxidation sites excluding steroid dienone is 2. The zero-order valence-electron chi connectivity index (χ0n) is 7.19. The largest absolute Gasteiger partial charge is 0.501 e. The molecule has 1 rings (SSSR count). The lowest BCUT2D eigenvalue weighted by Crippen LogP contribution is -2.27. The van der Waals surface area contributed by atoms with Crippen molar-refractivity contribution in [1.29, 1.82) is 0 Å². The molecule has 0 spiro atoms. The molecule has 2 unspecified atom stereocenters. The van der Waals surface area contributed by atoms with Crippen LogP contribution in [-0.4, -0.2) is 18.5 Å². The average Bonchev–Trinajstić information content (AvgIpc) is 2.17. The first kappa shape index (κ1) is 9.51. The number of hydrogen-bond acceptors (Lipinski definition) is 4. The van der Waals surface area contributed by atoms with Crippen molar-refractivity contribution in [3.05, 3.63) is 11.8 Å². The maximum absolute atomic E-state index is 9.22. The summed E-state index contributed by atoms with van der Waals surface area (Å²) in [5.41, 5.74) is 0. The van der Waals surface area contributed by atoms with Crippen molar-refractivity contribution in [3.63, 3.8) is 0 Å². The highest BCUT2D eigenvalue weighted by molar-refractivity contribution is 4.99. The molecule has 0 aromatic heterocycles. The molecule has 0 fully saturated rings. The Balaban J connectivity index is 2.40. The van der Waals surface area contributed by atoms with Crippen LogP contribution in [0.25, 0.3) is 0 Å². The lowest BCUT2D eigenvalue weighted by molar-refractivity contribution is -0.139. The van der Waals surface area contributed by atoms with Crippen LogP contribution in [0.5, 0.6) is 0 Å². The first-order chi connectivity index (χ1) is 5.77. The van der Waals surface area contributed by atoms with E-state index in [9.17, 15) is 5.11 Å². The van der Waals surface area contributed by atoms with Crippen molar-refractivity contribution in [2.75, 3.05) is 7.11 Å². The second kappa shape index (κ2) is 4.45. The molecule has 0 aliphatic heterocycles. The summed E-state index contributed by atoms with van der Waals surface area (Å²) in [6.07, 6.45) is 3.59. The standard InChI is InChI=1S/C8H15NO3/c1-11-7-4-2-6(3-5-7)8(10)12-9/h4,6,8,10H,2-3,5,9H2,1H3. The van der Waals surface area contributed by atoms with Crippen LogP contribution in [0.3, 0.4) is 0 Å². The minimum atomic E-state index is -0.848. The van der Waals surface area contributed by atoms with Crippen LogP contribution in [0.1, 0.15) is 19.3 Å². The third kappa shape index (κ3) is 2.20. The van der Waals surface area contributed by atoms with Gasteiger partial charge in [-0.1, -0.05) is 0 Å². The summed E-state index contributed by atoms with van der Waals surface area (Å²) in [5, 5.41) is 9.22. The lowest BCUT2D eigenvalue weighted by Gasteiger charge is -2.23. The Morgan fingerprint density at radius 1 is 1.75 bits per heavy atom. The van der Waals surface area contributed by atoms with E-state index < -0.39 is 6.29 Å². The highest BCUT2D eigenvalue weighted by Gasteiger charge is 2.22. The van der Waals surface area contributed by atoms with Crippen LogP contribution in [0.15, 0.2) is 11.8 Å². The SMILES string of the molecule is COC1=CCC(C(O)ON)CC1. The van der Waals surface area contributed by atoms with Crippen molar-refractivity contribution in [2.24, 2.45) is 11.8 Å². The molecule has 0 heterocycles. The normalized spacial score (nSPS) is 26.2. The van der Waals surface area contributed by atoms with Crippen LogP contribution >= 0.6 is 0 Å². The van der Waals surface area contributed by atoms with Gasteiger partial charge < -0.3 is 9.84 Å². The van der Waals surface area contributed by atoms with E-state index in [1.807, 2.05) is 6.08 Å². The van der Waals surface area contributed by atoms with E-state index in [-0.39, 0.29) is 5.92 Å². The predicted octanol–water partition coefficient (Wildman–Crippen LogP) is 0.525. The minimum Gasteiger partial charge on any atom is -0.501 e. The monoisotopic (exact) mass is 173 g/mol. The Labute approximate surface area is 71.9 Å². The molecular weight excluding hydrogens is 158 g/mol. The van der Waals surface area contributed by atoms with Gasteiger partial charge >= 0.3 is 0 Å². The van der Waals surface area contributed by atoms with E-state index in [1.54, 1.807) is 7.11 Å². The van der Waals surface area contributed by atoms with Gasteiger partial charge in [-0.3, -0.25) is 4.84 Å². The molecule has 0 amide bonds. The molecule has 4 nitrogen and oxygen atoms in total. The van der Waals surface area contributed by atoms with Crippen molar-refractivity contribution in [1.82, 2.24) is 0 Å². The van der Waals surface area contributed by atoms with Crippen molar-refractivity contribution in [3.8, 4) is 0 Å².